The number of methoxy groups -OCH3 is 1. The lowest BCUT2D eigenvalue weighted by atomic mass is 9.76. The van der Waals surface area contributed by atoms with Gasteiger partial charge in [-0.1, -0.05) is 41.9 Å². The summed E-state index contributed by atoms with van der Waals surface area (Å²) in [4.78, 5) is 15.4. The van der Waals surface area contributed by atoms with Gasteiger partial charge >= 0.3 is 0 Å². The molecule has 0 spiro atoms. The van der Waals surface area contributed by atoms with Crippen molar-refractivity contribution in [1.29, 1.82) is 0 Å². The first-order valence-corrected chi connectivity index (χ1v) is 14.7. The lowest BCUT2D eigenvalue weighted by Gasteiger charge is -2.41. The Bertz CT molecular complexity index is 1370. The second-order valence-corrected chi connectivity index (χ2v) is 12.5. The number of carbonyl (C=O) groups excluding carboxylic acids is 1. The lowest BCUT2D eigenvalue weighted by molar-refractivity contribution is -0.134. The highest BCUT2D eigenvalue weighted by atomic mass is 35.5. The van der Waals surface area contributed by atoms with Crippen LogP contribution in [0.15, 0.2) is 77.7 Å². The van der Waals surface area contributed by atoms with Crippen LogP contribution >= 0.6 is 11.6 Å². The second-order valence-electron chi connectivity index (χ2n) is 10.2. The second kappa shape index (κ2) is 12.4. The number of nitrogens with zero attached hydrogens (tertiary/aromatic N) is 2. The fourth-order valence-electron chi connectivity index (χ4n) is 4.81. The van der Waals surface area contributed by atoms with E-state index < -0.39 is 15.4 Å². The zero-order valence-electron chi connectivity index (χ0n) is 22.6. The molecule has 4 rings (SSSR count). The number of hydrogen-bond acceptors (Lipinski definition) is 5. The number of hydrogen-bond donors (Lipinski definition) is 0. The maximum atomic E-state index is 13.4. The number of amides is 1. The molecule has 0 bridgehead atoms. The molecule has 9 heteroatoms. The van der Waals surface area contributed by atoms with Gasteiger partial charge in [0.05, 0.1) is 18.6 Å². The fraction of sp³-hybridized carbons (Fsp3) is 0.367. The average molecular weight is 571 g/mol. The molecule has 0 saturated carbocycles. The molecule has 3 aromatic rings. The minimum atomic E-state index is -3.67. The quantitative estimate of drug-likeness (QED) is 0.319. The molecule has 1 amide bonds. The molecule has 0 aliphatic carbocycles. The van der Waals surface area contributed by atoms with Crippen LogP contribution in [0.25, 0.3) is 0 Å². The number of benzene rings is 3. The van der Waals surface area contributed by atoms with Crippen molar-refractivity contribution in [2.45, 2.75) is 37.6 Å². The van der Waals surface area contributed by atoms with Gasteiger partial charge in [-0.2, -0.15) is 4.31 Å². The van der Waals surface area contributed by atoms with Crippen LogP contribution in [0.1, 0.15) is 30.4 Å². The van der Waals surface area contributed by atoms with Gasteiger partial charge < -0.3 is 14.4 Å². The van der Waals surface area contributed by atoms with Gasteiger partial charge in [-0.3, -0.25) is 4.79 Å². The van der Waals surface area contributed by atoms with Crippen LogP contribution < -0.4 is 9.47 Å². The van der Waals surface area contributed by atoms with E-state index in [-0.39, 0.29) is 17.2 Å². The van der Waals surface area contributed by atoms with Crippen molar-refractivity contribution in [1.82, 2.24) is 9.21 Å². The molecule has 0 unspecified atom stereocenters. The fourth-order valence-corrected chi connectivity index (χ4v) is 6.37. The van der Waals surface area contributed by atoms with E-state index in [1.807, 2.05) is 49.4 Å². The SMILES string of the molecule is COc1ccc(S(=O)(=O)N2CCC(COc3ccc(Cl)c(C)c3)(CC(=O)N(C)Cc3ccccc3)CC2)cc1. The lowest BCUT2D eigenvalue weighted by Crippen LogP contribution is -2.47. The van der Waals surface area contributed by atoms with E-state index in [0.717, 1.165) is 11.1 Å². The van der Waals surface area contributed by atoms with Crippen LogP contribution in [-0.2, 0) is 21.4 Å². The highest BCUT2D eigenvalue weighted by Crippen LogP contribution is 2.38. The van der Waals surface area contributed by atoms with Gasteiger partial charge in [0, 0.05) is 43.5 Å². The Labute approximate surface area is 236 Å². The van der Waals surface area contributed by atoms with Crippen molar-refractivity contribution in [2.75, 3.05) is 33.9 Å². The molecule has 0 aromatic heterocycles. The molecule has 208 valence electrons. The zero-order valence-corrected chi connectivity index (χ0v) is 24.2. The molecule has 1 aliphatic heterocycles. The van der Waals surface area contributed by atoms with Crippen LogP contribution in [0.2, 0.25) is 5.02 Å². The van der Waals surface area contributed by atoms with Crippen LogP contribution in [0.3, 0.4) is 0 Å². The summed E-state index contributed by atoms with van der Waals surface area (Å²) in [6.07, 6.45) is 1.26. The number of sulfonamides is 1. The number of halogens is 1. The molecule has 0 N–H and O–H groups in total. The highest BCUT2D eigenvalue weighted by molar-refractivity contribution is 7.89. The van der Waals surface area contributed by atoms with Crippen molar-refractivity contribution in [3.63, 3.8) is 0 Å². The maximum absolute atomic E-state index is 13.4. The van der Waals surface area contributed by atoms with E-state index in [4.69, 9.17) is 21.1 Å². The third kappa shape index (κ3) is 7.12. The Kier molecular flexibility index (Phi) is 9.20. The standard InChI is InChI=1S/C30H35ClN2O5S/c1-23-19-26(11-14-28(23)31)38-22-30(20-29(34)32(2)21-24-7-5-4-6-8-24)15-17-33(18-16-30)39(35,36)27-12-9-25(37-3)10-13-27/h4-14,19H,15-18,20-22H2,1-3H3. The van der Waals surface area contributed by atoms with Gasteiger partial charge in [0.2, 0.25) is 15.9 Å². The normalized spacial score (nSPS) is 15.5. The van der Waals surface area contributed by atoms with Gasteiger partial charge in [-0.05, 0) is 73.4 Å². The molecule has 39 heavy (non-hydrogen) atoms. The number of piperidine rings is 1. The van der Waals surface area contributed by atoms with E-state index in [0.29, 0.717) is 55.6 Å². The third-order valence-electron chi connectivity index (χ3n) is 7.37. The third-order valence-corrected chi connectivity index (χ3v) is 9.71. The molecule has 0 radical (unpaired) electrons. The highest BCUT2D eigenvalue weighted by Gasteiger charge is 2.41. The van der Waals surface area contributed by atoms with Crippen LogP contribution in [0, 0.1) is 12.3 Å². The first kappa shape index (κ1) is 28.9. The van der Waals surface area contributed by atoms with Crippen LogP contribution in [-0.4, -0.2) is 57.4 Å². The topological polar surface area (TPSA) is 76.1 Å². The Morgan fingerprint density at radius 1 is 1.00 bits per heavy atom. The van der Waals surface area contributed by atoms with Gasteiger partial charge in [-0.25, -0.2) is 8.42 Å². The zero-order chi connectivity index (χ0) is 28.0. The summed E-state index contributed by atoms with van der Waals surface area (Å²) < 4.78 is 39.6. The van der Waals surface area contributed by atoms with E-state index in [1.54, 1.807) is 49.4 Å². The van der Waals surface area contributed by atoms with Crippen LogP contribution in [0.5, 0.6) is 11.5 Å². The van der Waals surface area contributed by atoms with E-state index in [9.17, 15) is 13.2 Å². The molecular weight excluding hydrogens is 536 g/mol. The summed E-state index contributed by atoms with van der Waals surface area (Å²) in [6.45, 7) is 3.32. The summed E-state index contributed by atoms with van der Waals surface area (Å²) >= 11 is 6.18. The summed E-state index contributed by atoms with van der Waals surface area (Å²) in [5.74, 6) is 1.27. The Balaban J connectivity index is 1.50. The smallest absolute Gasteiger partial charge is 0.243 e. The maximum Gasteiger partial charge on any atom is 0.243 e. The van der Waals surface area contributed by atoms with Gasteiger partial charge in [-0.15, -0.1) is 0 Å². The largest absolute Gasteiger partial charge is 0.497 e. The van der Waals surface area contributed by atoms with E-state index in [1.165, 1.54) is 4.31 Å². The molecule has 1 saturated heterocycles. The Morgan fingerprint density at radius 2 is 1.64 bits per heavy atom. The Morgan fingerprint density at radius 3 is 2.26 bits per heavy atom. The molecule has 1 heterocycles. The van der Waals surface area contributed by atoms with Gasteiger partial charge in [0.1, 0.15) is 11.5 Å². The first-order chi connectivity index (χ1) is 18.6. The summed E-state index contributed by atoms with van der Waals surface area (Å²) in [5.41, 5.74) is 1.44. The summed E-state index contributed by atoms with van der Waals surface area (Å²) in [6, 6.07) is 21.7. The van der Waals surface area contributed by atoms with Crippen molar-refractivity contribution in [3.05, 3.63) is 88.9 Å². The minimum Gasteiger partial charge on any atom is -0.497 e. The van der Waals surface area contributed by atoms with Crippen molar-refractivity contribution in [2.24, 2.45) is 5.41 Å². The van der Waals surface area contributed by atoms with Gasteiger partial charge in [0.15, 0.2) is 0 Å². The molecule has 0 atom stereocenters. The molecule has 1 aliphatic rings. The number of carbonyl (C=O) groups is 1. The summed E-state index contributed by atoms with van der Waals surface area (Å²) in [7, 11) is -0.331. The number of ether oxygens (including phenoxy) is 2. The van der Waals surface area contributed by atoms with Crippen molar-refractivity contribution in [3.8, 4) is 11.5 Å². The summed E-state index contributed by atoms with van der Waals surface area (Å²) in [5, 5.41) is 0.659. The number of rotatable bonds is 10. The van der Waals surface area contributed by atoms with E-state index in [2.05, 4.69) is 0 Å². The predicted octanol–water partition coefficient (Wildman–Crippen LogP) is 5.56. The predicted molar refractivity (Wildman–Crippen MR) is 153 cm³/mol. The monoisotopic (exact) mass is 570 g/mol. The molecule has 7 nitrogen and oxygen atoms in total. The van der Waals surface area contributed by atoms with Crippen molar-refractivity contribution >= 4 is 27.5 Å². The molecular formula is C30H35ClN2O5S. The molecule has 1 fully saturated rings. The molecule has 3 aromatic carbocycles. The van der Waals surface area contributed by atoms with Crippen molar-refractivity contribution < 1.29 is 22.7 Å². The van der Waals surface area contributed by atoms with Gasteiger partial charge in [0.25, 0.3) is 0 Å². The van der Waals surface area contributed by atoms with E-state index >= 15 is 0 Å². The number of aryl methyl sites for hydroxylation is 1. The minimum absolute atomic E-state index is 0.00111. The average Bonchev–Trinajstić information content (AvgIpc) is 2.94. The Hall–Kier alpha value is -3.07. The first-order valence-electron chi connectivity index (χ1n) is 12.9. The van der Waals surface area contributed by atoms with Crippen LogP contribution in [0.4, 0.5) is 0 Å².